The molecular weight excluding hydrogens is 376 g/mol. The fourth-order valence-electron chi connectivity index (χ4n) is 2.97. The summed E-state index contributed by atoms with van der Waals surface area (Å²) in [4.78, 5) is 20.8. The number of nitrogens with one attached hydrogen (secondary N) is 1. The van der Waals surface area contributed by atoms with Crippen LogP contribution in [0.2, 0.25) is 0 Å². The summed E-state index contributed by atoms with van der Waals surface area (Å²) in [5, 5.41) is 13.8. The molecule has 150 valence electrons. The fraction of sp³-hybridized carbons (Fsp3) is 0.190. The van der Waals surface area contributed by atoms with Crippen LogP contribution in [0, 0.1) is 0 Å². The van der Waals surface area contributed by atoms with Crippen molar-refractivity contribution < 1.29 is 28.7 Å². The quantitative estimate of drug-likeness (QED) is 0.638. The number of methoxy groups -OCH3 is 1. The highest BCUT2D eigenvalue weighted by Crippen LogP contribution is 2.24. The average Bonchev–Trinajstić information content (AvgIpc) is 3.42. The van der Waals surface area contributed by atoms with Gasteiger partial charge in [-0.15, -0.1) is 0 Å². The average molecular weight is 396 g/mol. The molecule has 2 N–H and O–H groups in total. The van der Waals surface area contributed by atoms with E-state index in [1.165, 1.54) is 0 Å². The van der Waals surface area contributed by atoms with Gasteiger partial charge in [-0.05, 0) is 41.5 Å². The Hall–Kier alpha value is -3.65. The summed E-state index contributed by atoms with van der Waals surface area (Å²) in [5.74, 6) is 1.28. The molecule has 0 saturated heterocycles. The number of amides is 1. The number of hydrogen-bond donors (Lipinski definition) is 2. The normalized spacial score (nSPS) is 11.8. The van der Waals surface area contributed by atoms with Gasteiger partial charge in [-0.1, -0.05) is 17.3 Å². The molecule has 0 aliphatic carbocycles. The topological polar surface area (TPSA) is 111 Å². The smallest absolute Gasteiger partial charge is 0.290 e. The van der Waals surface area contributed by atoms with Gasteiger partial charge in [0.05, 0.1) is 26.9 Å². The minimum atomic E-state index is -0.250. The number of benzene rings is 2. The van der Waals surface area contributed by atoms with Crippen LogP contribution >= 0.6 is 0 Å². The van der Waals surface area contributed by atoms with Crippen LogP contribution < -0.4 is 10.1 Å². The van der Waals surface area contributed by atoms with Gasteiger partial charge in [0.2, 0.25) is 0 Å². The van der Waals surface area contributed by atoms with Crippen molar-refractivity contribution >= 4 is 12.4 Å². The number of fused-ring (bicyclic) bond motifs is 1. The molecule has 0 saturated carbocycles. The van der Waals surface area contributed by atoms with Gasteiger partial charge in [-0.2, -0.15) is 0 Å². The highest BCUT2D eigenvalue weighted by Gasteiger charge is 2.19. The highest BCUT2D eigenvalue weighted by molar-refractivity contribution is 5.96. The molecule has 4 rings (SSSR count). The van der Waals surface area contributed by atoms with Gasteiger partial charge in [0.15, 0.2) is 5.76 Å². The third-order valence-electron chi connectivity index (χ3n) is 4.39. The largest absolute Gasteiger partial charge is 0.497 e. The summed E-state index contributed by atoms with van der Waals surface area (Å²) in [5.41, 5.74) is 4.24. The predicted molar refractivity (Wildman–Crippen MR) is 103 cm³/mol. The van der Waals surface area contributed by atoms with Crippen molar-refractivity contribution in [3.05, 3.63) is 70.9 Å². The van der Waals surface area contributed by atoms with Gasteiger partial charge in [0.1, 0.15) is 11.4 Å². The standard InChI is InChI=1S/C20H18N2O4.CH2O2/c1-24-16-7-5-13(6-8-16)19-9-15(22-26-19)10-21-20(23)17-4-2-3-14-11-25-12-18(14)17;2-1-3/h2-9H,10-12H2,1H3,(H,21,23);1H,(H,2,3). The van der Waals surface area contributed by atoms with Crippen LogP contribution in [-0.2, 0) is 29.3 Å². The molecular formula is C21H20N2O6. The van der Waals surface area contributed by atoms with Gasteiger partial charge in [-0.25, -0.2) is 0 Å². The molecule has 0 atom stereocenters. The van der Waals surface area contributed by atoms with Crippen LogP contribution in [0.3, 0.4) is 0 Å². The van der Waals surface area contributed by atoms with Crippen molar-refractivity contribution in [2.24, 2.45) is 0 Å². The Bertz CT molecular complexity index is 981. The molecule has 2 heterocycles. The van der Waals surface area contributed by atoms with E-state index in [0.29, 0.717) is 36.8 Å². The first-order chi connectivity index (χ1) is 14.2. The number of rotatable bonds is 5. The number of carboxylic acid groups (broad SMARTS) is 1. The molecule has 0 spiro atoms. The molecule has 0 unspecified atom stereocenters. The van der Waals surface area contributed by atoms with E-state index >= 15 is 0 Å². The number of aromatic nitrogens is 1. The van der Waals surface area contributed by atoms with E-state index < -0.39 is 0 Å². The second kappa shape index (κ2) is 9.52. The van der Waals surface area contributed by atoms with Crippen LogP contribution in [-0.4, -0.2) is 29.8 Å². The zero-order chi connectivity index (χ0) is 20.6. The third-order valence-corrected chi connectivity index (χ3v) is 4.39. The lowest BCUT2D eigenvalue weighted by molar-refractivity contribution is -0.122. The van der Waals surface area contributed by atoms with E-state index in [1.54, 1.807) is 7.11 Å². The Labute approximate surface area is 167 Å². The summed E-state index contributed by atoms with van der Waals surface area (Å²) in [6, 6.07) is 15.0. The predicted octanol–water partition coefficient (Wildman–Crippen LogP) is 3.01. The zero-order valence-corrected chi connectivity index (χ0v) is 15.8. The van der Waals surface area contributed by atoms with Crippen molar-refractivity contribution in [1.29, 1.82) is 0 Å². The summed E-state index contributed by atoms with van der Waals surface area (Å²) in [6.07, 6.45) is 0. The Morgan fingerprint density at radius 3 is 2.72 bits per heavy atom. The van der Waals surface area contributed by atoms with E-state index in [2.05, 4.69) is 10.5 Å². The second-order valence-electron chi connectivity index (χ2n) is 6.14. The van der Waals surface area contributed by atoms with E-state index in [4.69, 9.17) is 23.9 Å². The maximum atomic E-state index is 12.5. The zero-order valence-electron chi connectivity index (χ0n) is 15.8. The third kappa shape index (κ3) is 4.80. The number of nitrogens with zero attached hydrogens (tertiary/aromatic N) is 1. The summed E-state index contributed by atoms with van der Waals surface area (Å²) >= 11 is 0. The maximum absolute atomic E-state index is 12.5. The molecule has 0 radical (unpaired) electrons. The Kier molecular flexibility index (Phi) is 6.59. The summed E-state index contributed by atoms with van der Waals surface area (Å²) in [6.45, 7) is 1.08. The molecule has 8 heteroatoms. The van der Waals surface area contributed by atoms with Gasteiger partial charge in [0.25, 0.3) is 12.4 Å². The first-order valence-corrected chi connectivity index (χ1v) is 8.81. The first kappa shape index (κ1) is 20.1. The lowest BCUT2D eigenvalue weighted by atomic mass is 10.0. The maximum Gasteiger partial charge on any atom is 0.290 e. The minimum Gasteiger partial charge on any atom is -0.497 e. The van der Waals surface area contributed by atoms with Crippen LogP contribution in [0.5, 0.6) is 5.75 Å². The van der Waals surface area contributed by atoms with Crippen molar-refractivity contribution in [3.8, 4) is 17.1 Å². The molecule has 0 fully saturated rings. The van der Waals surface area contributed by atoms with Gasteiger partial charge in [-0.3, -0.25) is 9.59 Å². The fourth-order valence-corrected chi connectivity index (χ4v) is 2.97. The van der Waals surface area contributed by atoms with Crippen LogP contribution in [0.25, 0.3) is 11.3 Å². The van der Waals surface area contributed by atoms with Gasteiger partial charge >= 0.3 is 0 Å². The molecule has 29 heavy (non-hydrogen) atoms. The van der Waals surface area contributed by atoms with Crippen LogP contribution in [0.1, 0.15) is 27.2 Å². The first-order valence-electron chi connectivity index (χ1n) is 8.81. The highest BCUT2D eigenvalue weighted by atomic mass is 16.5. The van der Waals surface area contributed by atoms with Crippen molar-refractivity contribution in [3.63, 3.8) is 0 Å². The molecule has 2 aromatic carbocycles. The van der Waals surface area contributed by atoms with E-state index in [0.717, 1.165) is 22.4 Å². The summed E-state index contributed by atoms with van der Waals surface area (Å²) < 4.78 is 15.9. The van der Waals surface area contributed by atoms with Crippen molar-refractivity contribution in [2.75, 3.05) is 7.11 Å². The van der Waals surface area contributed by atoms with E-state index in [9.17, 15) is 4.79 Å². The number of hydrogen-bond acceptors (Lipinski definition) is 6. The van der Waals surface area contributed by atoms with Crippen molar-refractivity contribution in [2.45, 2.75) is 19.8 Å². The van der Waals surface area contributed by atoms with E-state index in [-0.39, 0.29) is 12.4 Å². The SMILES string of the molecule is COc1ccc(-c2cc(CNC(=O)c3cccc4c3COC4)no2)cc1.O=CO. The van der Waals surface area contributed by atoms with Gasteiger partial charge < -0.3 is 24.4 Å². The Morgan fingerprint density at radius 1 is 1.24 bits per heavy atom. The molecule has 0 bridgehead atoms. The number of carbonyl (C=O) groups is 2. The van der Waals surface area contributed by atoms with Crippen molar-refractivity contribution in [1.82, 2.24) is 10.5 Å². The Morgan fingerprint density at radius 2 is 2.00 bits per heavy atom. The monoisotopic (exact) mass is 396 g/mol. The number of ether oxygens (including phenoxy) is 2. The number of carbonyl (C=O) groups excluding carboxylic acids is 1. The van der Waals surface area contributed by atoms with Crippen LogP contribution in [0.4, 0.5) is 0 Å². The van der Waals surface area contributed by atoms with E-state index in [1.807, 2.05) is 48.5 Å². The molecule has 8 nitrogen and oxygen atoms in total. The molecule has 1 aliphatic heterocycles. The lowest BCUT2D eigenvalue weighted by Gasteiger charge is -2.07. The molecule has 1 aromatic heterocycles. The lowest BCUT2D eigenvalue weighted by Crippen LogP contribution is -2.24. The minimum absolute atomic E-state index is 0.138. The van der Waals surface area contributed by atoms with Gasteiger partial charge in [0, 0.05) is 17.2 Å². The Balaban J connectivity index is 0.000000755. The summed E-state index contributed by atoms with van der Waals surface area (Å²) in [7, 11) is 1.62. The molecule has 1 amide bonds. The van der Waals surface area contributed by atoms with Crippen LogP contribution in [0.15, 0.2) is 53.1 Å². The second-order valence-corrected chi connectivity index (χ2v) is 6.14. The molecule has 3 aromatic rings. The molecule has 1 aliphatic rings.